The van der Waals surface area contributed by atoms with Gasteiger partial charge in [0.1, 0.15) is 46.0 Å². The molecule has 0 bridgehead atoms. The number of hydrogen-bond acceptors (Lipinski definition) is 7. The van der Waals surface area contributed by atoms with Crippen LogP contribution in [0.15, 0.2) is 144 Å². The van der Waals surface area contributed by atoms with E-state index >= 15 is 0 Å². The van der Waals surface area contributed by atoms with Crippen molar-refractivity contribution in [3.63, 3.8) is 0 Å². The predicted molar refractivity (Wildman–Crippen MR) is 246 cm³/mol. The van der Waals surface area contributed by atoms with Crippen molar-refractivity contribution in [3.05, 3.63) is 224 Å². The number of methoxy groups -OCH3 is 2. The first kappa shape index (κ1) is 49.6. The summed E-state index contributed by atoms with van der Waals surface area (Å²) in [6.45, 7) is 6.54. The molecule has 2 unspecified atom stereocenters. The first-order chi connectivity index (χ1) is 32.5. The van der Waals surface area contributed by atoms with Gasteiger partial charge in [-0.15, -0.1) is 0 Å². The molecule has 4 aromatic carbocycles. The van der Waals surface area contributed by atoms with Crippen molar-refractivity contribution >= 4 is 29.8 Å². The van der Waals surface area contributed by atoms with Crippen LogP contribution in [0.1, 0.15) is 67.9 Å². The Kier molecular flexibility index (Phi) is 17.8. The lowest BCUT2D eigenvalue weighted by Crippen LogP contribution is -2.18. The minimum absolute atomic E-state index is 0.00396. The lowest BCUT2D eigenvalue weighted by Gasteiger charge is -2.25. The number of fused-ring (bicyclic) bond motifs is 2. The lowest BCUT2D eigenvalue weighted by atomic mass is 9.94. The summed E-state index contributed by atoms with van der Waals surface area (Å²) in [5.41, 5.74) is 25.8. The van der Waals surface area contributed by atoms with E-state index < -0.39 is 29.6 Å². The van der Waals surface area contributed by atoms with Crippen molar-refractivity contribution in [3.8, 4) is 11.4 Å². The SMILES string of the molecule is C=C=C=C=C=C=C=C=C=C.COC(OC)c1nn(-c2ccc(F)cc2F)c2c1CSCC2Cc1ccc(F)cc1.O=Cc1nn(-c2ccc(F)cc2F)c2c1CSCC2Cc1ccc(F)cc1. The van der Waals surface area contributed by atoms with E-state index in [1.807, 2.05) is 0 Å². The van der Waals surface area contributed by atoms with Gasteiger partial charge >= 0.3 is 0 Å². The molecular formula is C52H40F6N4O3S2. The molecule has 0 amide bonds. The topological polar surface area (TPSA) is 71.2 Å². The Hall–Kier alpha value is -6.85. The second kappa shape index (κ2) is 24.1. The van der Waals surface area contributed by atoms with Crippen LogP contribution in [0.25, 0.3) is 11.4 Å². The molecule has 8 rings (SSSR count). The molecule has 15 heteroatoms. The van der Waals surface area contributed by atoms with E-state index in [9.17, 15) is 31.1 Å². The number of aromatic nitrogens is 4. The number of benzene rings is 4. The molecule has 6 aromatic rings. The number of aldehydes is 1. The molecule has 0 saturated heterocycles. The number of carbonyl (C=O) groups excluding carboxylic acids is 1. The maximum Gasteiger partial charge on any atom is 0.202 e. The molecule has 340 valence electrons. The van der Waals surface area contributed by atoms with Gasteiger partial charge in [0.15, 0.2) is 17.9 Å². The largest absolute Gasteiger partial charge is 0.350 e. The fourth-order valence-corrected chi connectivity index (χ4v) is 9.83. The van der Waals surface area contributed by atoms with Gasteiger partial charge in [-0.3, -0.25) is 4.79 Å². The normalized spacial score (nSPS) is 14.3. The minimum atomic E-state index is -0.739. The molecule has 2 aliphatic heterocycles. The smallest absolute Gasteiger partial charge is 0.202 e. The molecular weight excluding hydrogens is 907 g/mol. The third-order valence-corrected chi connectivity index (χ3v) is 12.6. The van der Waals surface area contributed by atoms with E-state index in [4.69, 9.17) is 9.47 Å². The van der Waals surface area contributed by atoms with Crippen molar-refractivity contribution in [1.29, 1.82) is 0 Å². The Bertz CT molecular complexity index is 3000. The van der Waals surface area contributed by atoms with Crippen molar-refractivity contribution in [2.45, 2.75) is 42.5 Å². The summed E-state index contributed by atoms with van der Waals surface area (Å²) < 4.78 is 96.2. The Morgan fingerprint density at radius 2 is 1.04 bits per heavy atom. The minimum Gasteiger partial charge on any atom is -0.350 e. The highest BCUT2D eigenvalue weighted by Crippen LogP contribution is 2.42. The zero-order valence-corrected chi connectivity index (χ0v) is 37.8. The number of ether oxygens (including phenoxy) is 2. The van der Waals surface area contributed by atoms with Gasteiger partial charge in [-0.25, -0.2) is 35.7 Å². The summed E-state index contributed by atoms with van der Waals surface area (Å²) in [4.78, 5) is 11.5. The zero-order valence-electron chi connectivity index (χ0n) is 36.1. The van der Waals surface area contributed by atoms with Gasteiger partial charge in [0.25, 0.3) is 0 Å². The lowest BCUT2D eigenvalue weighted by molar-refractivity contribution is -0.109. The van der Waals surface area contributed by atoms with E-state index in [1.54, 1.807) is 52.5 Å². The van der Waals surface area contributed by atoms with Crippen LogP contribution < -0.4 is 0 Å². The standard InChI is InChI=1S/C22H21F3N2O2S.C20H15F3N2OS.C10H4/c1-28-22(29-2)20-17-12-30-11-14(9-13-3-5-15(23)6-4-13)21(17)27(26-20)19-8-7-16(24)10-18(19)25;21-14-3-1-12(2-4-14)7-13-10-27-11-16-18(9-26)24-25(20(13)16)19-6-5-15(22)8-17(19)23;1-3-5-7-9-10-8-6-4-2/h3-8,10,14,22H,9,11-12H2,1-2H3;1-6,8-9,13H,7,10-11H2;1-2H2. The fraction of sp³-hybridized carbons (Fsp3) is 0.212. The first-order valence-corrected chi connectivity index (χ1v) is 22.6. The number of carbonyl (C=O) groups is 1. The quantitative estimate of drug-likeness (QED) is 0.0586. The van der Waals surface area contributed by atoms with E-state index in [0.29, 0.717) is 36.3 Å². The van der Waals surface area contributed by atoms with Gasteiger partial charge in [0.2, 0.25) is 6.29 Å². The molecule has 2 aromatic heterocycles. The summed E-state index contributed by atoms with van der Waals surface area (Å²) >= 11 is 3.42. The second-order valence-corrected chi connectivity index (χ2v) is 16.7. The number of halogens is 6. The molecule has 0 fully saturated rings. The Labute approximate surface area is 391 Å². The molecule has 2 atom stereocenters. The summed E-state index contributed by atoms with van der Waals surface area (Å²) in [5.74, 6) is -0.551. The highest BCUT2D eigenvalue weighted by molar-refractivity contribution is 7.98. The van der Waals surface area contributed by atoms with Crippen LogP contribution in [0, 0.1) is 34.9 Å². The Morgan fingerprint density at radius 1 is 0.627 bits per heavy atom. The maximum atomic E-state index is 14.7. The summed E-state index contributed by atoms with van der Waals surface area (Å²) in [7, 11) is 3.04. The third-order valence-electron chi connectivity index (χ3n) is 10.3. The van der Waals surface area contributed by atoms with Crippen molar-refractivity contribution in [1.82, 2.24) is 19.6 Å². The van der Waals surface area contributed by atoms with Crippen molar-refractivity contribution in [2.75, 3.05) is 25.7 Å². The van der Waals surface area contributed by atoms with E-state index in [2.05, 4.69) is 69.2 Å². The van der Waals surface area contributed by atoms with Crippen LogP contribution in [0.2, 0.25) is 0 Å². The number of nitrogens with zero attached hydrogens (tertiary/aromatic N) is 4. The van der Waals surface area contributed by atoms with E-state index in [0.717, 1.165) is 57.3 Å². The highest BCUT2D eigenvalue weighted by atomic mass is 32.2. The molecule has 4 heterocycles. The predicted octanol–water partition coefficient (Wildman–Crippen LogP) is 11.9. The Morgan fingerprint density at radius 3 is 1.48 bits per heavy atom. The van der Waals surface area contributed by atoms with Crippen molar-refractivity contribution < 1.29 is 40.6 Å². The van der Waals surface area contributed by atoms with Gasteiger partial charge in [-0.2, -0.15) is 33.7 Å². The van der Waals surface area contributed by atoms with Crippen LogP contribution in [0.4, 0.5) is 26.3 Å². The van der Waals surface area contributed by atoms with Crippen LogP contribution in [0.5, 0.6) is 0 Å². The Balaban J connectivity index is 0.000000185. The van der Waals surface area contributed by atoms with Crippen LogP contribution in [-0.4, -0.2) is 51.6 Å². The van der Waals surface area contributed by atoms with Crippen molar-refractivity contribution in [2.24, 2.45) is 0 Å². The molecule has 0 aliphatic carbocycles. The molecule has 0 spiro atoms. The number of thioether (sulfide) groups is 2. The van der Waals surface area contributed by atoms with Gasteiger partial charge in [-0.1, -0.05) is 35.7 Å². The molecule has 0 N–H and O–H groups in total. The summed E-state index contributed by atoms with van der Waals surface area (Å²) in [6.07, 6.45) is 1.21. The van der Waals surface area contributed by atoms with Crippen LogP contribution >= 0.6 is 23.5 Å². The van der Waals surface area contributed by atoms with Gasteiger partial charge in [-0.05, 0) is 120 Å². The molecule has 2 aliphatic rings. The average Bonchev–Trinajstić information content (AvgIpc) is 3.90. The average molecular weight is 947 g/mol. The highest BCUT2D eigenvalue weighted by Gasteiger charge is 2.34. The summed E-state index contributed by atoms with van der Waals surface area (Å²) in [5, 5.41) is 8.92. The second-order valence-electron chi connectivity index (χ2n) is 14.6. The molecule has 0 saturated carbocycles. The summed E-state index contributed by atoms with van der Waals surface area (Å²) in [6, 6.07) is 19.3. The molecule has 7 nitrogen and oxygen atoms in total. The number of rotatable bonds is 10. The number of hydrogen-bond donors (Lipinski definition) is 0. The van der Waals surface area contributed by atoms with E-state index in [1.165, 1.54) is 67.4 Å². The van der Waals surface area contributed by atoms with Gasteiger partial charge in [0.05, 0.1) is 11.4 Å². The van der Waals surface area contributed by atoms with Gasteiger partial charge in [0, 0.05) is 72.3 Å². The molecule has 0 radical (unpaired) electrons. The van der Waals surface area contributed by atoms with Gasteiger partial charge < -0.3 is 9.47 Å². The zero-order chi connectivity index (χ0) is 47.9. The maximum absolute atomic E-state index is 14.7. The van der Waals surface area contributed by atoms with Crippen LogP contribution in [-0.2, 0) is 33.8 Å². The third kappa shape index (κ3) is 12.5. The van der Waals surface area contributed by atoms with E-state index in [-0.39, 0.29) is 40.5 Å². The first-order valence-electron chi connectivity index (χ1n) is 20.3. The monoisotopic (exact) mass is 946 g/mol. The molecule has 67 heavy (non-hydrogen) atoms. The fourth-order valence-electron chi connectivity index (χ4n) is 7.47. The van der Waals surface area contributed by atoms with Crippen LogP contribution in [0.3, 0.4) is 0 Å².